The molecule has 2 rings (SSSR count). The molecular formula is C14H19N3O. The zero-order valence-corrected chi connectivity index (χ0v) is 11.0. The molecule has 0 saturated carbocycles. The van der Waals surface area contributed by atoms with Crippen LogP contribution in [-0.4, -0.2) is 16.2 Å². The Hall–Kier alpha value is -1.68. The lowest BCUT2D eigenvalue weighted by molar-refractivity contribution is 0.300. The predicted molar refractivity (Wildman–Crippen MR) is 71.0 cm³/mol. The summed E-state index contributed by atoms with van der Waals surface area (Å²) in [6.07, 6.45) is 0. The smallest absolute Gasteiger partial charge is 0.231 e. The molecule has 0 saturated heterocycles. The fourth-order valence-corrected chi connectivity index (χ4v) is 2.19. The first kappa shape index (κ1) is 12.8. The summed E-state index contributed by atoms with van der Waals surface area (Å²) in [6.45, 7) is 6.19. The zero-order chi connectivity index (χ0) is 13.1. The average molecular weight is 245 g/mol. The highest BCUT2D eigenvalue weighted by molar-refractivity contribution is 5.53. The van der Waals surface area contributed by atoms with E-state index in [0.29, 0.717) is 17.6 Å². The molecule has 0 aliphatic rings. The van der Waals surface area contributed by atoms with E-state index < -0.39 is 0 Å². The van der Waals surface area contributed by atoms with Gasteiger partial charge < -0.3 is 10.3 Å². The fraction of sp³-hybridized carbons (Fsp3) is 0.429. The molecular weight excluding hydrogens is 226 g/mol. The Morgan fingerprint density at radius 1 is 1.11 bits per heavy atom. The molecule has 2 unspecified atom stereocenters. The van der Waals surface area contributed by atoms with Crippen LogP contribution in [0.25, 0.3) is 11.4 Å². The Morgan fingerprint density at radius 2 is 1.78 bits per heavy atom. The highest BCUT2D eigenvalue weighted by Gasteiger charge is 2.26. The molecule has 0 amide bonds. The van der Waals surface area contributed by atoms with Gasteiger partial charge in [-0.1, -0.05) is 49.3 Å². The second-order valence-electron chi connectivity index (χ2n) is 4.95. The minimum atomic E-state index is -0.00549. The number of rotatable bonds is 4. The number of hydrogen-bond acceptors (Lipinski definition) is 4. The predicted octanol–water partition coefficient (Wildman–Crippen LogP) is 2.82. The summed E-state index contributed by atoms with van der Waals surface area (Å²) in [6, 6.07) is 9.79. The van der Waals surface area contributed by atoms with E-state index >= 15 is 0 Å². The maximum Gasteiger partial charge on any atom is 0.231 e. The first-order chi connectivity index (χ1) is 8.59. The van der Waals surface area contributed by atoms with Gasteiger partial charge >= 0.3 is 0 Å². The largest absolute Gasteiger partial charge is 0.339 e. The topological polar surface area (TPSA) is 64.9 Å². The van der Waals surface area contributed by atoms with Crippen molar-refractivity contribution in [1.29, 1.82) is 0 Å². The second-order valence-corrected chi connectivity index (χ2v) is 4.95. The Labute approximate surface area is 107 Å². The van der Waals surface area contributed by atoms with Gasteiger partial charge in [0.1, 0.15) is 0 Å². The van der Waals surface area contributed by atoms with Crippen molar-refractivity contribution in [3.63, 3.8) is 0 Å². The van der Waals surface area contributed by atoms with E-state index in [2.05, 4.69) is 24.0 Å². The van der Waals surface area contributed by atoms with Crippen LogP contribution in [0.1, 0.15) is 32.6 Å². The van der Waals surface area contributed by atoms with Crippen molar-refractivity contribution in [2.75, 3.05) is 0 Å². The van der Waals surface area contributed by atoms with Gasteiger partial charge in [0.15, 0.2) is 0 Å². The SMILES string of the molecule is CC(C)C(c1nc(-c2ccccc2)no1)C(C)N. The van der Waals surface area contributed by atoms with E-state index in [0.717, 1.165) is 5.56 Å². The summed E-state index contributed by atoms with van der Waals surface area (Å²) in [5.74, 6) is 1.71. The van der Waals surface area contributed by atoms with E-state index in [4.69, 9.17) is 10.3 Å². The summed E-state index contributed by atoms with van der Waals surface area (Å²) in [5.41, 5.74) is 6.95. The van der Waals surface area contributed by atoms with Crippen LogP contribution in [0.15, 0.2) is 34.9 Å². The third kappa shape index (κ3) is 2.59. The quantitative estimate of drug-likeness (QED) is 0.899. The van der Waals surface area contributed by atoms with Crippen molar-refractivity contribution < 1.29 is 4.52 Å². The second kappa shape index (κ2) is 5.31. The van der Waals surface area contributed by atoms with E-state index in [1.807, 2.05) is 37.3 Å². The molecule has 18 heavy (non-hydrogen) atoms. The van der Waals surface area contributed by atoms with Gasteiger partial charge in [0.05, 0.1) is 5.92 Å². The van der Waals surface area contributed by atoms with Crippen molar-refractivity contribution in [1.82, 2.24) is 10.1 Å². The highest BCUT2D eigenvalue weighted by atomic mass is 16.5. The Balaban J connectivity index is 2.30. The van der Waals surface area contributed by atoms with Crippen LogP contribution in [0.4, 0.5) is 0 Å². The maximum absolute atomic E-state index is 5.99. The van der Waals surface area contributed by atoms with Crippen LogP contribution < -0.4 is 5.73 Å². The van der Waals surface area contributed by atoms with E-state index in [9.17, 15) is 0 Å². The van der Waals surface area contributed by atoms with E-state index in [1.165, 1.54) is 0 Å². The molecule has 96 valence electrons. The molecule has 2 atom stereocenters. The van der Waals surface area contributed by atoms with Gasteiger partial charge in [-0.05, 0) is 12.8 Å². The average Bonchev–Trinajstić information content (AvgIpc) is 2.78. The van der Waals surface area contributed by atoms with Gasteiger partial charge in [-0.3, -0.25) is 0 Å². The number of hydrogen-bond donors (Lipinski definition) is 1. The highest BCUT2D eigenvalue weighted by Crippen LogP contribution is 2.27. The molecule has 4 heteroatoms. The standard InChI is InChI=1S/C14H19N3O/c1-9(2)12(10(3)15)14-16-13(17-18-14)11-7-5-4-6-8-11/h4-10,12H,15H2,1-3H3. The Kier molecular flexibility index (Phi) is 3.77. The van der Waals surface area contributed by atoms with Crippen molar-refractivity contribution in [2.45, 2.75) is 32.7 Å². The summed E-state index contributed by atoms with van der Waals surface area (Å²) in [5, 5.41) is 4.03. The van der Waals surface area contributed by atoms with Crippen molar-refractivity contribution in [3.8, 4) is 11.4 Å². The van der Waals surface area contributed by atoms with Crippen LogP contribution >= 0.6 is 0 Å². The summed E-state index contributed by atoms with van der Waals surface area (Å²) >= 11 is 0. The Bertz CT molecular complexity index is 483. The minimum Gasteiger partial charge on any atom is -0.339 e. The number of nitrogens with two attached hydrogens (primary N) is 1. The van der Waals surface area contributed by atoms with Gasteiger partial charge in [-0.15, -0.1) is 0 Å². The van der Waals surface area contributed by atoms with Crippen LogP contribution in [0.3, 0.4) is 0 Å². The molecule has 0 fully saturated rings. The fourth-order valence-electron chi connectivity index (χ4n) is 2.19. The molecule has 1 aromatic heterocycles. The number of benzene rings is 1. The molecule has 2 aromatic rings. The van der Waals surface area contributed by atoms with Gasteiger partial charge in [0.25, 0.3) is 0 Å². The monoisotopic (exact) mass is 245 g/mol. The number of aromatic nitrogens is 2. The summed E-state index contributed by atoms with van der Waals surface area (Å²) in [4.78, 5) is 4.47. The third-order valence-corrected chi connectivity index (χ3v) is 3.04. The summed E-state index contributed by atoms with van der Waals surface area (Å²) in [7, 11) is 0. The molecule has 2 N–H and O–H groups in total. The lowest BCUT2D eigenvalue weighted by Crippen LogP contribution is -2.28. The van der Waals surface area contributed by atoms with Crippen LogP contribution in [-0.2, 0) is 0 Å². The molecule has 0 radical (unpaired) electrons. The molecule has 1 heterocycles. The molecule has 0 aliphatic heterocycles. The van der Waals surface area contributed by atoms with Gasteiger partial charge in [0, 0.05) is 11.6 Å². The van der Waals surface area contributed by atoms with Gasteiger partial charge in [0.2, 0.25) is 11.7 Å². The van der Waals surface area contributed by atoms with Crippen LogP contribution in [0, 0.1) is 5.92 Å². The van der Waals surface area contributed by atoms with E-state index in [-0.39, 0.29) is 12.0 Å². The van der Waals surface area contributed by atoms with Gasteiger partial charge in [-0.25, -0.2) is 0 Å². The number of nitrogens with zero attached hydrogens (tertiary/aromatic N) is 2. The molecule has 4 nitrogen and oxygen atoms in total. The van der Waals surface area contributed by atoms with Crippen molar-refractivity contribution in [3.05, 3.63) is 36.2 Å². The third-order valence-electron chi connectivity index (χ3n) is 3.04. The minimum absolute atomic E-state index is 0.00549. The zero-order valence-electron chi connectivity index (χ0n) is 11.0. The molecule has 1 aromatic carbocycles. The normalized spacial score (nSPS) is 14.7. The maximum atomic E-state index is 5.99. The lowest BCUT2D eigenvalue weighted by atomic mass is 9.90. The van der Waals surface area contributed by atoms with Crippen molar-refractivity contribution >= 4 is 0 Å². The first-order valence-corrected chi connectivity index (χ1v) is 6.24. The van der Waals surface area contributed by atoms with Gasteiger partial charge in [-0.2, -0.15) is 4.98 Å². The van der Waals surface area contributed by atoms with Crippen LogP contribution in [0.2, 0.25) is 0 Å². The molecule has 0 aliphatic carbocycles. The Morgan fingerprint density at radius 3 is 2.33 bits per heavy atom. The first-order valence-electron chi connectivity index (χ1n) is 6.24. The summed E-state index contributed by atoms with van der Waals surface area (Å²) < 4.78 is 5.36. The van der Waals surface area contributed by atoms with Crippen LogP contribution in [0.5, 0.6) is 0 Å². The van der Waals surface area contributed by atoms with Crippen molar-refractivity contribution in [2.24, 2.45) is 11.7 Å². The molecule has 0 bridgehead atoms. The lowest BCUT2D eigenvalue weighted by Gasteiger charge is -2.20. The van der Waals surface area contributed by atoms with E-state index in [1.54, 1.807) is 0 Å². The molecule has 0 spiro atoms.